The van der Waals surface area contributed by atoms with Crippen LogP contribution in [0.5, 0.6) is 5.75 Å². The number of benzene rings is 2. The summed E-state index contributed by atoms with van der Waals surface area (Å²) in [7, 11) is 0. The normalized spacial score (nSPS) is 15.7. The Kier molecular flexibility index (Phi) is 5.17. The van der Waals surface area contributed by atoms with Gasteiger partial charge in [-0.3, -0.25) is 4.79 Å². The minimum absolute atomic E-state index is 0.0923. The van der Waals surface area contributed by atoms with Crippen LogP contribution in [0.2, 0.25) is 5.02 Å². The smallest absolute Gasteiger partial charge is 0.416 e. The van der Waals surface area contributed by atoms with Crippen molar-refractivity contribution in [1.29, 1.82) is 0 Å². The number of halogens is 4. The first kappa shape index (κ1) is 19.6. The Morgan fingerprint density at radius 1 is 1.07 bits per heavy atom. The number of hydrogen-bond acceptors (Lipinski definition) is 2. The van der Waals surface area contributed by atoms with Crippen LogP contribution in [0.1, 0.15) is 28.9 Å². The van der Waals surface area contributed by atoms with Crippen molar-refractivity contribution in [3.63, 3.8) is 0 Å². The number of nitrogens with one attached hydrogen (secondary N) is 1. The van der Waals surface area contributed by atoms with Crippen molar-refractivity contribution in [3.8, 4) is 5.75 Å². The number of fused-ring (bicyclic) bond motifs is 1. The summed E-state index contributed by atoms with van der Waals surface area (Å²) in [4.78, 5) is 17.6. The molecule has 2 aromatic carbocycles. The predicted molar refractivity (Wildman–Crippen MR) is 104 cm³/mol. The molecule has 1 amide bonds. The minimum atomic E-state index is -4.36. The molecular weight excluding hydrogens is 405 g/mol. The molecule has 0 atom stereocenters. The van der Waals surface area contributed by atoms with Gasteiger partial charge in [-0.05, 0) is 48.5 Å². The first-order chi connectivity index (χ1) is 13.8. The number of amides is 1. The molecule has 0 saturated carbocycles. The van der Waals surface area contributed by atoms with E-state index in [1.54, 1.807) is 23.1 Å². The minimum Gasteiger partial charge on any atom is -0.490 e. The van der Waals surface area contributed by atoms with E-state index in [4.69, 9.17) is 16.3 Å². The number of ether oxygens (including phenoxy) is 1. The van der Waals surface area contributed by atoms with Gasteiger partial charge in [-0.15, -0.1) is 0 Å². The number of likely N-dealkylation sites (tertiary alicyclic amines) is 1. The van der Waals surface area contributed by atoms with E-state index in [1.165, 1.54) is 12.1 Å². The standard InChI is InChI=1S/C21H18ClF3N2O2/c22-15-3-6-18-13(11-15)12-19(26-18)20(28)27-9-7-17(8-10-27)29-16-4-1-14(2-5-16)21(23,24)25/h1-6,11-12,17,26H,7-10H2. The maximum absolute atomic E-state index is 12.8. The number of carbonyl (C=O) groups excluding carboxylic acids is 1. The number of H-pyrrole nitrogens is 1. The van der Waals surface area contributed by atoms with E-state index in [9.17, 15) is 18.0 Å². The molecule has 29 heavy (non-hydrogen) atoms. The maximum Gasteiger partial charge on any atom is 0.416 e. The summed E-state index contributed by atoms with van der Waals surface area (Å²) >= 11 is 5.99. The van der Waals surface area contributed by atoms with Gasteiger partial charge in [0.15, 0.2) is 0 Å². The number of rotatable bonds is 3. The first-order valence-corrected chi connectivity index (χ1v) is 9.59. The van der Waals surface area contributed by atoms with Gasteiger partial charge >= 0.3 is 6.18 Å². The highest BCUT2D eigenvalue weighted by Crippen LogP contribution is 2.31. The van der Waals surface area contributed by atoms with Crippen molar-refractivity contribution in [1.82, 2.24) is 9.88 Å². The second kappa shape index (κ2) is 7.63. The Labute approximate surface area is 170 Å². The molecule has 0 aliphatic carbocycles. The fourth-order valence-electron chi connectivity index (χ4n) is 3.48. The van der Waals surface area contributed by atoms with Crippen LogP contribution < -0.4 is 4.74 Å². The topological polar surface area (TPSA) is 45.3 Å². The highest BCUT2D eigenvalue weighted by atomic mass is 35.5. The molecule has 1 aliphatic rings. The molecule has 2 heterocycles. The van der Waals surface area contributed by atoms with Gasteiger partial charge in [-0.25, -0.2) is 0 Å². The van der Waals surface area contributed by atoms with Gasteiger partial charge in [0.2, 0.25) is 0 Å². The molecule has 4 nitrogen and oxygen atoms in total. The molecule has 1 aliphatic heterocycles. The molecule has 8 heteroatoms. The summed E-state index contributed by atoms with van der Waals surface area (Å²) in [6.07, 6.45) is -3.28. The van der Waals surface area contributed by atoms with Crippen LogP contribution in [0.25, 0.3) is 10.9 Å². The molecule has 3 aromatic rings. The number of alkyl halides is 3. The highest BCUT2D eigenvalue weighted by molar-refractivity contribution is 6.31. The molecule has 152 valence electrons. The van der Waals surface area contributed by atoms with Crippen molar-refractivity contribution < 1.29 is 22.7 Å². The zero-order chi connectivity index (χ0) is 20.6. The molecule has 0 bridgehead atoms. The Bertz CT molecular complexity index is 1020. The second-order valence-electron chi connectivity index (χ2n) is 7.05. The summed E-state index contributed by atoms with van der Waals surface area (Å²) in [5.41, 5.74) is 0.646. The van der Waals surface area contributed by atoms with Crippen molar-refractivity contribution in [3.05, 3.63) is 64.8 Å². The van der Waals surface area contributed by atoms with Gasteiger partial charge in [0.1, 0.15) is 17.5 Å². The molecule has 4 rings (SSSR count). The van der Waals surface area contributed by atoms with E-state index in [1.807, 2.05) is 6.07 Å². The molecule has 0 unspecified atom stereocenters. The molecule has 1 saturated heterocycles. The average Bonchev–Trinajstić information content (AvgIpc) is 3.11. The number of piperidine rings is 1. The maximum atomic E-state index is 12.8. The Morgan fingerprint density at radius 2 is 1.76 bits per heavy atom. The third kappa shape index (κ3) is 4.34. The third-order valence-electron chi connectivity index (χ3n) is 5.03. The predicted octanol–water partition coefficient (Wildman–Crippen LogP) is 5.52. The molecule has 1 N–H and O–H groups in total. The van der Waals surface area contributed by atoms with Gasteiger partial charge < -0.3 is 14.6 Å². The largest absolute Gasteiger partial charge is 0.490 e. The van der Waals surface area contributed by atoms with Gasteiger partial charge in [0.05, 0.1) is 5.56 Å². The fraction of sp³-hybridized carbons (Fsp3) is 0.286. The van der Waals surface area contributed by atoms with Crippen LogP contribution in [0.3, 0.4) is 0 Å². The van der Waals surface area contributed by atoms with E-state index < -0.39 is 11.7 Å². The van der Waals surface area contributed by atoms with Gasteiger partial charge in [0, 0.05) is 41.9 Å². The fourth-order valence-corrected chi connectivity index (χ4v) is 3.66. The molecule has 1 fully saturated rings. The van der Waals surface area contributed by atoms with Crippen LogP contribution in [0, 0.1) is 0 Å². The van der Waals surface area contributed by atoms with Crippen LogP contribution in [0.15, 0.2) is 48.5 Å². The van der Waals surface area contributed by atoms with Crippen molar-refractivity contribution >= 4 is 28.4 Å². The highest BCUT2D eigenvalue weighted by Gasteiger charge is 2.30. The van der Waals surface area contributed by atoms with E-state index in [0.29, 0.717) is 42.4 Å². The Morgan fingerprint density at radius 3 is 2.41 bits per heavy atom. The van der Waals surface area contributed by atoms with Crippen molar-refractivity contribution in [2.24, 2.45) is 0 Å². The van der Waals surface area contributed by atoms with Crippen LogP contribution >= 0.6 is 11.6 Å². The van der Waals surface area contributed by atoms with Crippen molar-refractivity contribution in [2.75, 3.05) is 13.1 Å². The second-order valence-corrected chi connectivity index (χ2v) is 7.48. The number of aromatic amines is 1. The summed E-state index contributed by atoms with van der Waals surface area (Å²) in [6, 6.07) is 11.9. The van der Waals surface area contributed by atoms with Crippen LogP contribution in [-0.4, -0.2) is 35.0 Å². The van der Waals surface area contributed by atoms with Gasteiger partial charge in [0.25, 0.3) is 5.91 Å². The summed E-state index contributed by atoms with van der Waals surface area (Å²) in [5, 5.41) is 1.48. The third-order valence-corrected chi connectivity index (χ3v) is 5.26. The average molecular weight is 423 g/mol. The number of carbonyl (C=O) groups is 1. The van der Waals surface area contributed by atoms with Crippen LogP contribution in [-0.2, 0) is 6.18 Å². The zero-order valence-corrected chi connectivity index (χ0v) is 16.1. The lowest BCUT2D eigenvalue weighted by Gasteiger charge is -2.32. The van der Waals surface area contributed by atoms with E-state index >= 15 is 0 Å². The van der Waals surface area contributed by atoms with Gasteiger partial charge in [-0.2, -0.15) is 13.2 Å². The first-order valence-electron chi connectivity index (χ1n) is 9.21. The SMILES string of the molecule is O=C(c1cc2cc(Cl)ccc2[nH]1)N1CCC(Oc2ccc(C(F)(F)F)cc2)CC1. The van der Waals surface area contributed by atoms with Crippen molar-refractivity contribution in [2.45, 2.75) is 25.1 Å². The lowest BCUT2D eigenvalue weighted by Crippen LogP contribution is -2.41. The summed E-state index contributed by atoms with van der Waals surface area (Å²) < 4.78 is 43.7. The van der Waals surface area contributed by atoms with E-state index in [-0.39, 0.29) is 12.0 Å². The van der Waals surface area contributed by atoms with Gasteiger partial charge in [-0.1, -0.05) is 11.6 Å². The number of aromatic nitrogens is 1. The van der Waals surface area contributed by atoms with E-state index in [0.717, 1.165) is 23.0 Å². The number of nitrogens with zero attached hydrogens (tertiary/aromatic N) is 1. The van der Waals surface area contributed by atoms with Crippen LogP contribution in [0.4, 0.5) is 13.2 Å². The number of hydrogen-bond donors (Lipinski definition) is 1. The monoisotopic (exact) mass is 422 g/mol. The Hall–Kier alpha value is -2.67. The molecular formula is C21H18ClF3N2O2. The molecule has 0 spiro atoms. The molecule has 1 aromatic heterocycles. The summed E-state index contributed by atoms with van der Waals surface area (Å²) in [6.45, 7) is 1.03. The lowest BCUT2D eigenvalue weighted by atomic mass is 10.1. The molecule has 0 radical (unpaired) electrons. The zero-order valence-electron chi connectivity index (χ0n) is 15.3. The Balaban J connectivity index is 1.35. The quantitative estimate of drug-likeness (QED) is 0.603. The lowest BCUT2D eigenvalue weighted by molar-refractivity contribution is -0.137. The summed E-state index contributed by atoms with van der Waals surface area (Å²) in [5.74, 6) is 0.306. The van der Waals surface area contributed by atoms with E-state index in [2.05, 4.69) is 4.98 Å².